The Morgan fingerprint density at radius 3 is 1.69 bits per heavy atom. The van der Waals surface area contributed by atoms with Gasteiger partial charge >= 0.3 is 76.5 Å². The molecule has 285 valence electrons. The summed E-state index contributed by atoms with van der Waals surface area (Å²) in [6.45, 7) is 10.2. The molecule has 19 heteroatoms. The summed E-state index contributed by atoms with van der Waals surface area (Å²) in [5.41, 5.74) is 1.62. The summed E-state index contributed by atoms with van der Waals surface area (Å²) in [6, 6.07) is 6.78. The van der Waals surface area contributed by atoms with Crippen LogP contribution < -0.4 is 59.1 Å². The van der Waals surface area contributed by atoms with Crippen LogP contribution in [0.4, 0.5) is 4.79 Å². The molecular weight excluding hydrogens is 870 g/mol. The maximum Gasteiger partial charge on any atom is 1.00 e. The van der Waals surface area contributed by atoms with Gasteiger partial charge in [-0.15, -0.1) is 0 Å². The Morgan fingerprint density at radius 1 is 0.907 bits per heavy atom. The quantitative estimate of drug-likeness (QED) is 0.154. The third kappa shape index (κ3) is 18.1. The number of carboxylic acids is 1. The van der Waals surface area contributed by atoms with Crippen LogP contribution in [0, 0.1) is 17.8 Å². The molecule has 0 bridgehead atoms. The molecule has 1 saturated heterocycles. The van der Waals surface area contributed by atoms with Crippen molar-refractivity contribution in [2.45, 2.75) is 52.6 Å². The smallest absolute Gasteiger partial charge is 1.00 e. The molecule has 3 aliphatic rings. The summed E-state index contributed by atoms with van der Waals surface area (Å²) in [7, 11) is 3.49. The zero-order valence-corrected chi connectivity index (χ0v) is 39.7. The number of nitrogens with zero attached hydrogens (tertiary/aromatic N) is 5. The second kappa shape index (κ2) is 26.1. The van der Waals surface area contributed by atoms with Gasteiger partial charge in [-0.25, -0.2) is 14.4 Å². The van der Waals surface area contributed by atoms with E-state index in [9.17, 15) is 14.4 Å². The van der Waals surface area contributed by atoms with Crippen molar-refractivity contribution in [1.29, 1.82) is 0 Å². The standard InChI is InChI=1S/C13H13BrN2O2.C12H11BrN2O2.C5H9ClO2.C5H11NO.B.2Na.H2O.H/c1-18-13(17)9-4-11(14)10-7-16(6-8-2-3-8)15-12(10)5-9;13-10-3-8(12(16)17)4-11-9(10)6-15(14-11)5-7-1-2-7;1-4(2)3-8-5(6)7;1-6-2-4-7-5-3-6;;;;;/h4-5,7-8H,2-3,6H2,1H3;3-4,6-7H,1-2,5H2,(H,16,17);4H,3H2,1-2H3;2-5H2,1H3;;;;1H2;/q;;;;;2*+1;;-1/p-1. The number of hydrogen-bond donors (Lipinski definition) is 1. The maximum absolute atomic E-state index is 11.5. The molecule has 2 aliphatic carbocycles. The Hall–Kier alpha value is -1.02. The van der Waals surface area contributed by atoms with E-state index in [2.05, 4.69) is 58.7 Å². The summed E-state index contributed by atoms with van der Waals surface area (Å²) in [5, 5.41) is 19.9. The van der Waals surface area contributed by atoms with Gasteiger partial charge in [0.2, 0.25) is 0 Å². The van der Waals surface area contributed by atoms with E-state index in [4.69, 9.17) is 26.2 Å². The van der Waals surface area contributed by atoms with Crippen molar-refractivity contribution in [2.75, 3.05) is 47.1 Å². The molecule has 0 unspecified atom stereocenters. The summed E-state index contributed by atoms with van der Waals surface area (Å²) in [6.07, 6.45) is 9.15. The van der Waals surface area contributed by atoms with Crippen molar-refractivity contribution >= 4 is 91.0 Å². The number of aromatic carboxylic acids is 1. The number of morpholine rings is 1. The van der Waals surface area contributed by atoms with Gasteiger partial charge in [0.05, 0.1) is 49.1 Å². The molecule has 0 amide bonds. The first kappa shape index (κ1) is 53.0. The van der Waals surface area contributed by atoms with Crippen LogP contribution in [0.1, 0.15) is 61.7 Å². The van der Waals surface area contributed by atoms with E-state index in [1.807, 2.05) is 35.6 Å². The van der Waals surface area contributed by atoms with Crippen LogP contribution in [-0.2, 0) is 27.3 Å². The first-order valence-corrected chi connectivity index (χ1v) is 18.5. The van der Waals surface area contributed by atoms with E-state index in [1.54, 1.807) is 24.3 Å². The van der Waals surface area contributed by atoms with E-state index in [-0.39, 0.29) is 86.0 Å². The number of rotatable bonds is 8. The minimum Gasteiger partial charge on any atom is -1.00 e. The number of carboxylic acid groups (broad SMARTS) is 1. The van der Waals surface area contributed by atoms with Crippen LogP contribution in [-0.4, -0.2) is 108 Å². The van der Waals surface area contributed by atoms with E-state index in [0.29, 0.717) is 18.1 Å². The van der Waals surface area contributed by atoms with Gasteiger partial charge in [-0.2, -0.15) is 10.2 Å². The van der Waals surface area contributed by atoms with Crippen LogP contribution in [0.3, 0.4) is 0 Å². The number of benzene rings is 2. The van der Waals surface area contributed by atoms with Crippen LogP contribution in [0.2, 0.25) is 0 Å². The van der Waals surface area contributed by atoms with Gasteiger partial charge in [0.15, 0.2) is 0 Å². The van der Waals surface area contributed by atoms with Crippen molar-refractivity contribution in [1.82, 2.24) is 24.5 Å². The van der Waals surface area contributed by atoms with Gasteiger partial charge in [0.25, 0.3) is 0 Å². The molecule has 2 saturated carbocycles. The SMILES string of the molecule is CC(C)COC(=O)Cl.CN1CCOCC1.COC(=O)c1cc(Br)c2cn(CC3CC3)nc2c1.O=C(O)c1cc(Br)c2cn(CC3CC3)nc2c1.[B].[H-].[Na+].[Na+].[OH-]. The molecule has 3 fully saturated rings. The van der Waals surface area contributed by atoms with Crippen molar-refractivity contribution < 1.29 is 99.7 Å². The maximum atomic E-state index is 11.5. The summed E-state index contributed by atoms with van der Waals surface area (Å²) < 4.78 is 19.8. The number of fused-ring (bicyclic) bond motifs is 2. The average molecular weight is 917 g/mol. The van der Waals surface area contributed by atoms with Gasteiger partial charge in [0.1, 0.15) is 0 Å². The Kier molecular flexibility index (Phi) is 25.6. The van der Waals surface area contributed by atoms with Crippen LogP contribution in [0.25, 0.3) is 21.8 Å². The van der Waals surface area contributed by atoms with Gasteiger partial charge in [-0.05, 0) is 74.8 Å². The zero-order valence-electron chi connectivity index (χ0n) is 32.8. The summed E-state index contributed by atoms with van der Waals surface area (Å²) >= 11 is 11.7. The van der Waals surface area contributed by atoms with Gasteiger partial charge in [0, 0.05) is 78.3 Å². The predicted molar refractivity (Wildman–Crippen MR) is 208 cm³/mol. The van der Waals surface area contributed by atoms with Crippen LogP contribution >= 0.6 is 43.5 Å². The number of esters is 1. The number of ether oxygens (including phenoxy) is 3. The fourth-order valence-electron chi connectivity index (χ4n) is 4.82. The summed E-state index contributed by atoms with van der Waals surface area (Å²) in [5.74, 6) is 0.622. The second-order valence-electron chi connectivity index (χ2n) is 13.0. The van der Waals surface area contributed by atoms with E-state index in [0.717, 1.165) is 82.0 Å². The molecule has 0 spiro atoms. The first-order valence-electron chi connectivity index (χ1n) is 16.6. The van der Waals surface area contributed by atoms with Crippen molar-refractivity contribution in [3.05, 3.63) is 56.7 Å². The van der Waals surface area contributed by atoms with Crippen molar-refractivity contribution in [3.8, 4) is 0 Å². The van der Waals surface area contributed by atoms with Crippen LogP contribution in [0.5, 0.6) is 0 Å². The van der Waals surface area contributed by atoms with Crippen LogP contribution in [0.15, 0.2) is 45.6 Å². The van der Waals surface area contributed by atoms with Gasteiger partial charge < -0.3 is 31.1 Å². The predicted octanol–water partition coefficient (Wildman–Crippen LogP) is 1.43. The molecular formula is C35H46BBr2ClN5Na2O8. The Labute approximate surface area is 385 Å². The zero-order chi connectivity index (χ0) is 36.4. The number of aromatic nitrogens is 4. The van der Waals surface area contributed by atoms with Gasteiger partial charge in [-0.1, -0.05) is 45.7 Å². The average Bonchev–Trinajstić information content (AvgIpc) is 3.99. The number of carbonyl (C=O) groups excluding carboxylic acids is 2. The number of likely N-dealkylation sites (N-methyl/N-ethyl adjacent to an activating group) is 1. The molecule has 4 aromatic rings. The Balaban J connectivity index is 0. The third-order valence-corrected chi connectivity index (χ3v) is 9.38. The minimum absolute atomic E-state index is 0. The first-order chi connectivity index (χ1) is 23.8. The topological polar surface area (TPSA) is 168 Å². The molecule has 2 N–H and O–H groups in total. The van der Waals surface area contributed by atoms with Crippen molar-refractivity contribution in [2.24, 2.45) is 17.8 Å². The molecule has 1 aliphatic heterocycles. The molecule has 2 aromatic heterocycles. The number of methoxy groups -OCH3 is 1. The fourth-order valence-corrected chi connectivity index (χ4v) is 5.99. The molecule has 0 atom stereocenters. The second-order valence-corrected chi connectivity index (χ2v) is 15.0. The monoisotopic (exact) mass is 914 g/mol. The van der Waals surface area contributed by atoms with E-state index >= 15 is 0 Å². The molecule has 3 heterocycles. The molecule has 3 radical (unpaired) electrons. The van der Waals surface area contributed by atoms with E-state index in [1.165, 1.54) is 32.8 Å². The molecule has 54 heavy (non-hydrogen) atoms. The Morgan fingerprint density at radius 2 is 1.35 bits per heavy atom. The minimum atomic E-state index is -0.927. The Bertz CT molecular complexity index is 1790. The molecule has 2 aromatic carbocycles. The normalized spacial score (nSPS) is 14.5. The number of hydrogen-bond acceptors (Lipinski definition) is 10. The number of carbonyl (C=O) groups is 3. The van der Waals surface area contributed by atoms with Crippen molar-refractivity contribution in [3.63, 3.8) is 0 Å². The van der Waals surface area contributed by atoms with Gasteiger partial charge in [-0.3, -0.25) is 9.36 Å². The summed E-state index contributed by atoms with van der Waals surface area (Å²) in [4.78, 5) is 34.6. The number of halogens is 3. The molecule has 13 nitrogen and oxygen atoms in total. The third-order valence-electron chi connectivity index (χ3n) is 7.96. The van der Waals surface area contributed by atoms with E-state index < -0.39 is 11.4 Å². The largest absolute Gasteiger partial charge is 1.00 e. The fraction of sp³-hybridized carbons (Fsp3) is 0.514. The molecule has 7 rings (SSSR count).